The molecule has 0 saturated heterocycles. The topological polar surface area (TPSA) is 72.5 Å². The minimum Gasteiger partial charge on any atom is -0.486 e. The van der Waals surface area contributed by atoms with E-state index in [1.165, 1.54) is 0 Å². The maximum atomic E-state index is 8.88. The second kappa shape index (κ2) is 5.51. The minimum absolute atomic E-state index is 0.322. The van der Waals surface area contributed by atoms with Crippen LogP contribution in [0.1, 0.15) is 23.7 Å². The van der Waals surface area contributed by atoms with Gasteiger partial charge in [0.1, 0.15) is 18.1 Å². The molecule has 0 unspecified atom stereocenters. The molecule has 0 bridgehead atoms. The van der Waals surface area contributed by atoms with Gasteiger partial charge in [0.05, 0.1) is 11.9 Å². The zero-order chi connectivity index (χ0) is 13.8. The van der Waals surface area contributed by atoms with Crippen LogP contribution in [0.15, 0.2) is 29.6 Å². The average Bonchev–Trinajstić information content (AvgIpc) is 2.81. The van der Waals surface area contributed by atoms with Gasteiger partial charge >= 0.3 is 0 Å². The third-order valence-electron chi connectivity index (χ3n) is 2.70. The van der Waals surface area contributed by atoms with E-state index in [9.17, 15) is 0 Å². The highest BCUT2D eigenvalue weighted by Crippen LogP contribution is 2.22. The van der Waals surface area contributed by atoms with Gasteiger partial charge in [-0.3, -0.25) is 4.68 Å². The zero-order valence-electron chi connectivity index (χ0n) is 11.2. The third-order valence-corrected chi connectivity index (χ3v) is 2.70. The monoisotopic (exact) mass is 260 g/mol. The summed E-state index contributed by atoms with van der Waals surface area (Å²) in [5, 5.41) is 19.9. The molecule has 6 heteroatoms. The average molecular weight is 260 g/mol. The smallest absolute Gasteiger partial charge is 0.134 e. The number of oxime groups is 1. The first-order valence-electron chi connectivity index (χ1n) is 5.88. The summed E-state index contributed by atoms with van der Waals surface area (Å²) in [6.45, 7) is 4.02. The highest BCUT2D eigenvalue weighted by atomic mass is 16.5. The van der Waals surface area contributed by atoms with E-state index >= 15 is 0 Å². The van der Waals surface area contributed by atoms with Crippen molar-refractivity contribution in [3.8, 4) is 5.75 Å². The van der Waals surface area contributed by atoms with E-state index in [1.807, 2.05) is 25.1 Å². The summed E-state index contributed by atoms with van der Waals surface area (Å²) >= 11 is 0. The Hall–Kier alpha value is -2.37. The Balaban J connectivity index is 2.21. The number of aromatic nitrogens is 3. The minimum atomic E-state index is 0.322. The van der Waals surface area contributed by atoms with E-state index in [4.69, 9.17) is 9.94 Å². The number of aryl methyl sites for hydroxylation is 2. The van der Waals surface area contributed by atoms with E-state index in [2.05, 4.69) is 15.5 Å². The summed E-state index contributed by atoms with van der Waals surface area (Å²) in [4.78, 5) is 0. The molecule has 0 fully saturated rings. The Bertz CT molecular complexity index is 604. The van der Waals surface area contributed by atoms with Crippen LogP contribution < -0.4 is 4.74 Å². The maximum absolute atomic E-state index is 8.88. The Kier molecular flexibility index (Phi) is 3.79. The van der Waals surface area contributed by atoms with Gasteiger partial charge in [-0.25, -0.2) is 0 Å². The van der Waals surface area contributed by atoms with Crippen LogP contribution in [0.4, 0.5) is 0 Å². The first-order valence-corrected chi connectivity index (χ1v) is 5.88. The van der Waals surface area contributed by atoms with Crippen LogP contribution in [0.5, 0.6) is 5.75 Å². The maximum Gasteiger partial charge on any atom is 0.134 e. The first kappa shape index (κ1) is 13.1. The lowest BCUT2D eigenvalue weighted by Gasteiger charge is -2.10. The fourth-order valence-corrected chi connectivity index (χ4v) is 1.71. The van der Waals surface area contributed by atoms with Gasteiger partial charge < -0.3 is 9.94 Å². The van der Waals surface area contributed by atoms with Crippen LogP contribution in [0.25, 0.3) is 0 Å². The van der Waals surface area contributed by atoms with Crippen LogP contribution in [-0.4, -0.2) is 25.9 Å². The summed E-state index contributed by atoms with van der Waals surface area (Å²) in [6.07, 6.45) is 1.79. The number of ether oxygens (including phenoxy) is 1. The molecule has 2 rings (SSSR count). The van der Waals surface area contributed by atoms with Crippen LogP contribution in [0, 0.1) is 6.92 Å². The second-order valence-electron chi connectivity index (χ2n) is 4.36. The van der Waals surface area contributed by atoms with E-state index in [-0.39, 0.29) is 0 Å². The van der Waals surface area contributed by atoms with Gasteiger partial charge in [0.2, 0.25) is 0 Å². The molecule has 0 aliphatic heterocycles. The van der Waals surface area contributed by atoms with Crippen molar-refractivity contribution in [1.29, 1.82) is 0 Å². The van der Waals surface area contributed by atoms with Crippen molar-refractivity contribution in [2.45, 2.75) is 20.5 Å². The van der Waals surface area contributed by atoms with Crippen LogP contribution in [0.3, 0.4) is 0 Å². The van der Waals surface area contributed by atoms with Crippen LogP contribution in [-0.2, 0) is 13.7 Å². The highest BCUT2D eigenvalue weighted by molar-refractivity contribution is 6.00. The van der Waals surface area contributed by atoms with Gasteiger partial charge in [-0.15, -0.1) is 5.10 Å². The summed E-state index contributed by atoms with van der Waals surface area (Å²) in [6, 6.07) is 5.72. The molecule has 6 nitrogen and oxygen atoms in total. The molecular formula is C13H16N4O2. The predicted octanol–water partition coefficient (Wildman–Crippen LogP) is 1.90. The fourth-order valence-electron chi connectivity index (χ4n) is 1.71. The lowest BCUT2D eigenvalue weighted by Crippen LogP contribution is -2.03. The molecule has 0 amide bonds. The van der Waals surface area contributed by atoms with E-state index in [0.29, 0.717) is 18.1 Å². The molecule has 1 aromatic carbocycles. The quantitative estimate of drug-likeness (QED) is 0.517. The molecule has 2 aromatic rings. The predicted molar refractivity (Wildman–Crippen MR) is 70.5 cm³/mol. The number of hydrogen-bond acceptors (Lipinski definition) is 5. The number of rotatable bonds is 4. The highest BCUT2D eigenvalue weighted by Gasteiger charge is 2.09. The normalized spacial score (nSPS) is 11.6. The first-order chi connectivity index (χ1) is 9.10. The van der Waals surface area contributed by atoms with Crippen molar-refractivity contribution in [2.75, 3.05) is 0 Å². The Morgan fingerprint density at radius 3 is 2.89 bits per heavy atom. The van der Waals surface area contributed by atoms with Crippen molar-refractivity contribution in [1.82, 2.24) is 15.0 Å². The van der Waals surface area contributed by atoms with Crippen molar-refractivity contribution in [3.05, 3.63) is 41.2 Å². The van der Waals surface area contributed by atoms with E-state index < -0.39 is 0 Å². The second-order valence-corrected chi connectivity index (χ2v) is 4.36. The Morgan fingerprint density at radius 2 is 2.26 bits per heavy atom. The van der Waals surface area contributed by atoms with Gasteiger partial charge in [0.25, 0.3) is 0 Å². The summed E-state index contributed by atoms with van der Waals surface area (Å²) in [5.74, 6) is 0.668. The molecule has 0 spiro atoms. The molecular weight excluding hydrogens is 244 g/mol. The molecule has 19 heavy (non-hydrogen) atoms. The third kappa shape index (κ3) is 3.09. The number of hydrogen-bond donors (Lipinski definition) is 1. The Morgan fingerprint density at radius 1 is 1.47 bits per heavy atom. The molecule has 1 N–H and O–H groups in total. The molecule has 0 aliphatic carbocycles. The van der Waals surface area contributed by atoms with Crippen molar-refractivity contribution < 1.29 is 9.94 Å². The van der Waals surface area contributed by atoms with Gasteiger partial charge in [-0.05, 0) is 31.5 Å². The largest absolute Gasteiger partial charge is 0.486 e. The summed E-state index contributed by atoms with van der Waals surface area (Å²) < 4.78 is 7.35. The molecule has 100 valence electrons. The molecule has 1 aromatic heterocycles. The van der Waals surface area contributed by atoms with Gasteiger partial charge in [-0.1, -0.05) is 16.4 Å². The molecule has 0 saturated carbocycles. The van der Waals surface area contributed by atoms with Gasteiger partial charge in [0, 0.05) is 12.6 Å². The van der Waals surface area contributed by atoms with Gasteiger partial charge in [0.15, 0.2) is 0 Å². The number of benzene rings is 1. The SMILES string of the molecule is C/C(=N/O)c1ccc(C)cc1OCc1cn(C)nn1. The lowest BCUT2D eigenvalue weighted by atomic mass is 10.1. The van der Waals surface area contributed by atoms with Crippen molar-refractivity contribution in [2.24, 2.45) is 12.2 Å². The van der Waals surface area contributed by atoms with Crippen molar-refractivity contribution in [3.63, 3.8) is 0 Å². The molecule has 0 atom stereocenters. The zero-order valence-corrected chi connectivity index (χ0v) is 11.2. The Labute approximate surface area is 111 Å². The summed E-state index contributed by atoms with van der Waals surface area (Å²) in [5.41, 5.74) is 3.09. The van der Waals surface area contributed by atoms with Crippen LogP contribution in [0.2, 0.25) is 0 Å². The summed E-state index contributed by atoms with van der Waals surface area (Å²) in [7, 11) is 1.80. The number of nitrogens with zero attached hydrogens (tertiary/aromatic N) is 4. The lowest BCUT2D eigenvalue weighted by molar-refractivity contribution is 0.298. The molecule has 0 radical (unpaired) electrons. The molecule has 1 heterocycles. The standard InChI is InChI=1S/C13H16N4O2/c1-9-4-5-12(10(2)15-18)13(6-9)19-8-11-7-17(3)16-14-11/h4-7,18H,8H2,1-3H3/b15-10-. The van der Waals surface area contributed by atoms with Crippen LogP contribution >= 0.6 is 0 Å². The van der Waals surface area contributed by atoms with E-state index in [1.54, 1.807) is 24.9 Å². The van der Waals surface area contributed by atoms with Crippen molar-refractivity contribution >= 4 is 5.71 Å². The van der Waals surface area contributed by atoms with E-state index in [0.717, 1.165) is 16.8 Å². The van der Waals surface area contributed by atoms with Gasteiger partial charge in [-0.2, -0.15) is 0 Å². The molecule has 0 aliphatic rings. The fraction of sp³-hybridized carbons (Fsp3) is 0.308.